The van der Waals surface area contributed by atoms with Crippen LogP contribution < -0.4 is 0 Å². The highest BCUT2D eigenvalue weighted by atomic mass is 79.9. The summed E-state index contributed by atoms with van der Waals surface area (Å²) in [5, 5.41) is 9.91. The summed E-state index contributed by atoms with van der Waals surface area (Å²) in [5.41, 5.74) is 0.331. The first-order chi connectivity index (χ1) is 7.56. The van der Waals surface area contributed by atoms with Crippen LogP contribution in [-0.4, -0.2) is 18.8 Å². The molecule has 0 saturated heterocycles. The smallest absolute Gasteiger partial charge is 0.143 e. The van der Waals surface area contributed by atoms with Crippen molar-refractivity contribution in [3.63, 3.8) is 0 Å². The third-order valence-corrected chi connectivity index (χ3v) is 3.03. The molecule has 16 heavy (non-hydrogen) atoms. The zero-order valence-electron chi connectivity index (χ0n) is 9.41. The van der Waals surface area contributed by atoms with Crippen molar-refractivity contribution in [1.29, 1.82) is 0 Å². The first-order valence-electron chi connectivity index (χ1n) is 5.17. The van der Waals surface area contributed by atoms with Gasteiger partial charge in [-0.15, -0.1) is 0 Å². The third-order valence-electron chi connectivity index (χ3n) is 2.42. The fraction of sp³-hybridized carbons (Fsp3) is 0.500. The van der Waals surface area contributed by atoms with Crippen LogP contribution in [0.1, 0.15) is 25.0 Å². The molecule has 0 saturated carbocycles. The summed E-state index contributed by atoms with van der Waals surface area (Å²) in [6, 6.07) is 4.93. The summed E-state index contributed by atoms with van der Waals surface area (Å²) in [6.45, 7) is 2.52. The van der Waals surface area contributed by atoms with E-state index >= 15 is 0 Å². The van der Waals surface area contributed by atoms with Crippen LogP contribution in [0.5, 0.6) is 0 Å². The zero-order valence-corrected chi connectivity index (χ0v) is 11.0. The Hall–Kier alpha value is -0.450. The zero-order chi connectivity index (χ0) is 12.1. The fourth-order valence-corrected chi connectivity index (χ4v) is 2.02. The molecule has 90 valence electrons. The molecule has 4 heteroatoms. The molecule has 1 rings (SSSR count). The Balaban J connectivity index is 2.72. The monoisotopic (exact) mass is 290 g/mol. The second-order valence-corrected chi connectivity index (χ2v) is 4.81. The van der Waals surface area contributed by atoms with Gasteiger partial charge in [-0.05, 0) is 34.3 Å². The van der Waals surface area contributed by atoms with Crippen LogP contribution in [0.3, 0.4) is 0 Å². The molecular weight excluding hydrogens is 275 g/mol. The third kappa shape index (κ3) is 3.54. The minimum Gasteiger partial charge on any atom is -0.388 e. The SMILES string of the molecule is COCC(C)CC(O)c1cccc(Br)c1F. The molecule has 0 aliphatic rings. The Bertz CT molecular complexity index is 344. The average molecular weight is 291 g/mol. The lowest BCUT2D eigenvalue weighted by Crippen LogP contribution is -2.10. The van der Waals surface area contributed by atoms with Crippen molar-refractivity contribution in [2.24, 2.45) is 5.92 Å². The number of rotatable bonds is 5. The Morgan fingerprint density at radius 1 is 1.50 bits per heavy atom. The summed E-state index contributed by atoms with van der Waals surface area (Å²) >= 11 is 3.10. The number of methoxy groups -OCH3 is 1. The molecule has 0 fully saturated rings. The van der Waals surface area contributed by atoms with Gasteiger partial charge >= 0.3 is 0 Å². The van der Waals surface area contributed by atoms with Gasteiger partial charge in [-0.2, -0.15) is 0 Å². The predicted molar refractivity (Wildman–Crippen MR) is 64.7 cm³/mol. The van der Waals surface area contributed by atoms with E-state index in [9.17, 15) is 9.50 Å². The highest BCUT2D eigenvalue weighted by Gasteiger charge is 2.17. The van der Waals surface area contributed by atoms with Gasteiger partial charge in [-0.1, -0.05) is 19.1 Å². The Kier molecular flexibility index (Phi) is 5.38. The van der Waals surface area contributed by atoms with E-state index in [4.69, 9.17) is 4.74 Å². The van der Waals surface area contributed by atoms with Crippen LogP contribution >= 0.6 is 15.9 Å². The molecule has 1 aromatic rings. The number of aliphatic hydroxyl groups is 1. The van der Waals surface area contributed by atoms with Crippen molar-refractivity contribution >= 4 is 15.9 Å². The van der Waals surface area contributed by atoms with Gasteiger partial charge in [0.25, 0.3) is 0 Å². The summed E-state index contributed by atoms with van der Waals surface area (Å²) in [5.74, 6) is -0.196. The second-order valence-electron chi connectivity index (χ2n) is 3.96. The number of hydrogen-bond acceptors (Lipinski definition) is 2. The Morgan fingerprint density at radius 2 is 2.19 bits per heavy atom. The summed E-state index contributed by atoms with van der Waals surface area (Å²) in [4.78, 5) is 0. The van der Waals surface area contributed by atoms with Gasteiger partial charge in [0.15, 0.2) is 0 Å². The number of ether oxygens (including phenoxy) is 1. The highest BCUT2D eigenvalue weighted by Crippen LogP contribution is 2.27. The van der Waals surface area contributed by atoms with Crippen molar-refractivity contribution in [3.8, 4) is 0 Å². The minimum absolute atomic E-state index is 0.193. The van der Waals surface area contributed by atoms with E-state index < -0.39 is 6.10 Å². The van der Waals surface area contributed by atoms with Crippen molar-refractivity contribution < 1.29 is 14.2 Å². The van der Waals surface area contributed by atoms with Crippen molar-refractivity contribution in [2.45, 2.75) is 19.4 Å². The van der Waals surface area contributed by atoms with Gasteiger partial charge in [-0.25, -0.2) is 4.39 Å². The Morgan fingerprint density at radius 3 is 2.81 bits per heavy atom. The quantitative estimate of drug-likeness (QED) is 0.902. The highest BCUT2D eigenvalue weighted by molar-refractivity contribution is 9.10. The van der Waals surface area contributed by atoms with Gasteiger partial charge < -0.3 is 9.84 Å². The molecule has 0 amide bonds. The molecule has 0 spiro atoms. The van der Waals surface area contributed by atoms with Gasteiger partial charge in [0, 0.05) is 19.3 Å². The molecule has 2 unspecified atom stereocenters. The van der Waals surface area contributed by atoms with E-state index in [-0.39, 0.29) is 11.7 Å². The largest absolute Gasteiger partial charge is 0.388 e. The normalized spacial score (nSPS) is 14.8. The average Bonchev–Trinajstić information content (AvgIpc) is 2.22. The molecule has 2 nitrogen and oxygen atoms in total. The maximum atomic E-state index is 13.7. The first-order valence-corrected chi connectivity index (χ1v) is 5.96. The standard InChI is InChI=1S/C12H16BrFO2/c1-8(7-16-2)6-11(15)9-4-3-5-10(13)12(9)14/h3-5,8,11,15H,6-7H2,1-2H3. The second kappa shape index (κ2) is 6.33. The molecule has 2 atom stereocenters. The predicted octanol–water partition coefficient (Wildman–Crippen LogP) is 3.29. The van der Waals surface area contributed by atoms with E-state index in [1.807, 2.05) is 6.92 Å². The van der Waals surface area contributed by atoms with Crippen molar-refractivity contribution in [1.82, 2.24) is 0 Å². The van der Waals surface area contributed by atoms with E-state index in [0.717, 1.165) is 0 Å². The number of benzene rings is 1. The van der Waals surface area contributed by atoms with Crippen LogP contribution in [0, 0.1) is 11.7 Å². The van der Waals surface area contributed by atoms with Crippen LogP contribution in [0.15, 0.2) is 22.7 Å². The van der Waals surface area contributed by atoms with E-state index in [1.54, 1.807) is 25.3 Å². The number of aliphatic hydroxyl groups excluding tert-OH is 1. The molecule has 1 aromatic carbocycles. The molecule has 1 N–H and O–H groups in total. The van der Waals surface area contributed by atoms with Crippen molar-refractivity contribution in [3.05, 3.63) is 34.1 Å². The van der Waals surface area contributed by atoms with E-state index in [2.05, 4.69) is 15.9 Å². The fourth-order valence-electron chi connectivity index (χ4n) is 1.64. The molecule has 0 heterocycles. The van der Waals surface area contributed by atoms with Gasteiger partial charge in [-0.3, -0.25) is 0 Å². The molecule has 0 aliphatic carbocycles. The van der Waals surface area contributed by atoms with Crippen molar-refractivity contribution in [2.75, 3.05) is 13.7 Å². The summed E-state index contributed by atoms with van der Waals surface area (Å²) in [6.07, 6.45) is -0.302. The van der Waals surface area contributed by atoms with E-state index in [1.165, 1.54) is 0 Å². The Labute approximate surface area is 104 Å². The van der Waals surface area contributed by atoms with E-state index in [0.29, 0.717) is 23.1 Å². The van der Waals surface area contributed by atoms with Gasteiger partial charge in [0.05, 0.1) is 10.6 Å². The first kappa shape index (κ1) is 13.6. The molecule has 0 aromatic heterocycles. The lowest BCUT2D eigenvalue weighted by molar-refractivity contribution is 0.0996. The topological polar surface area (TPSA) is 29.5 Å². The van der Waals surface area contributed by atoms with Crippen LogP contribution in [0.4, 0.5) is 4.39 Å². The van der Waals surface area contributed by atoms with Crippen LogP contribution in [0.25, 0.3) is 0 Å². The van der Waals surface area contributed by atoms with Crippen LogP contribution in [-0.2, 0) is 4.74 Å². The molecular formula is C12H16BrFO2. The summed E-state index contributed by atoms with van der Waals surface area (Å²) in [7, 11) is 1.61. The van der Waals surface area contributed by atoms with Gasteiger partial charge in [0.1, 0.15) is 5.82 Å². The molecule has 0 radical (unpaired) electrons. The maximum Gasteiger partial charge on any atom is 0.143 e. The number of hydrogen-bond donors (Lipinski definition) is 1. The molecule has 0 bridgehead atoms. The maximum absolute atomic E-state index is 13.7. The molecule has 0 aliphatic heterocycles. The minimum atomic E-state index is -0.789. The number of halogens is 2. The lowest BCUT2D eigenvalue weighted by atomic mass is 9.98. The summed E-state index contributed by atoms with van der Waals surface area (Å²) < 4.78 is 19.0. The lowest BCUT2D eigenvalue weighted by Gasteiger charge is -2.17. The van der Waals surface area contributed by atoms with Gasteiger partial charge in [0.2, 0.25) is 0 Å². The van der Waals surface area contributed by atoms with Crippen LogP contribution in [0.2, 0.25) is 0 Å².